The predicted molar refractivity (Wildman–Crippen MR) is 84.3 cm³/mol. The lowest BCUT2D eigenvalue weighted by molar-refractivity contribution is 0.454. The molecular weight excluding hydrogens is 280 g/mol. The molecule has 0 saturated heterocycles. The van der Waals surface area contributed by atoms with Gasteiger partial charge in [-0.15, -0.1) is 0 Å². The first-order valence-corrected chi connectivity index (χ1v) is 7.17. The molecule has 0 aliphatic heterocycles. The molecule has 0 atom stereocenters. The zero-order chi connectivity index (χ0) is 15.5. The van der Waals surface area contributed by atoms with E-state index in [0.29, 0.717) is 30.2 Å². The Morgan fingerprint density at radius 2 is 1.64 bits per heavy atom. The van der Waals surface area contributed by atoms with Crippen molar-refractivity contribution in [2.75, 3.05) is 0 Å². The maximum absolute atomic E-state index is 12.0. The normalized spacial score (nSPS) is 10.9. The van der Waals surface area contributed by atoms with Gasteiger partial charge in [0.25, 0.3) is 0 Å². The average molecular weight is 296 g/mol. The summed E-state index contributed by atoms with van der Waals surface area (Å²) in [4.78, 5) is 12.0. The van der Waals surface area contributed by atoms with E-state index in [1.165, 1.54) is 0 Å². The summed E-state index contributed by atoms with van der Waals surface area (Å²) >= 11 is 0. The van der Waals surface area contributed by atoms with Crippen LogP contribution in [-0.4, -0.2) is 10.2 Å². The van der Waals surface area contributed by atoms with Gasteiger partial charge in [-0.1, -0.05) is 30.3 Å². The maximum atomic E-state index is 12.0. The van der Waals surface area contributed by atoms with E-state index in [4.69, 9.17) is 4.42 Å². The SMILES string of the molecule is O=c1oc2ccccc2c(O)c1CCCc1ccccc1O. The molecule has 0 amide bonds. The van der Waals surface area contributed by atoms with Gasteiger partial charge in [-0.3, -0.25) is 0 Å². The molecule has 0 aliphatic carbocycles. The zero-order valence-electron chi connectivity index (χ0n) is 12.0. The Balaban J connectivity index is 1.82. The molecule has 1 aromatic heterocycles. The maximum Gasteiger partial charge on any atom is 0.343 e. The highest BCUT2D eigenvalue weighted by atomic mass is 16.4. The van der Waals surface area contributed by atoms with Crippen LogP contribution in [0.25, 0.3) is 11.0 Å². The number of phenolic OH excluding ortho intramolecular Hbond substituents is 1. The van der Waals surface area contributed by atoms with E-state index in [9.17, 15) is 15.0 Å². The lowest BCUT2D eigenvalue weighted by Crippen LogP contribution is -2.08. The molecule has 0 unspecified atom stereocenters. The molecular formula is C18H16O4. The molecule has 0 fully saturated rings. The molecule has 4 nitrogen and oxygen atoms in total. The molecule has 3 aromatic rings. The zero-order valence-corrected chi connectivity index (χ0v) is 12.0. The number of hydrogen-bond acceptors (Lipinski definition) is 4. The van der Waals surface area contributed by atoms with Gasteiger partial charge in [0.2, 0.25) is 0 Å². The summed E-state index contributed by atoms with van der Waals surface area (Å²) in [5.74, 6) is 0.237. The van der Waals surface area contributed by atoms with Crippen molar-refractivity contribution in [1.82, 2.24) is 0 Å². The van der Waals surface area contributed by atoms with E-state index in [1.54, 1.807) is 36.4 Å². The van der Waals surface area contributed by atoms with Gasteiger partial charge in [0.1, 0.15) is 17.1 Å². The standard InChI is InChI=1S/C18H16O4/c19-15-10-3-1-6-12(15)7-5-9-14-17(20)13-8-2-4-11-16(13)22-18(14)21/h1-4,6,8,10-11,19-20H,5,7,9H2. The number of rotatable bonds is 4. The monoisotopic (exact) mass is 296 g/mol. The molecule has 4 heteroatoms. The molecule has 112 valence electrons. The van der Waals surface area contributed by atoms with Gasteiger partial charge in [-0.2, -0.15) is 0 Å². The molecule has 0 aliphatic rings. The number of para-hydroxylation sites is 2. The molecule has 1 heterocycles. The molecule has 22 heavy (non-hydrogen) atoms. The van der Waals surface area contributed by atoms with E-state index in [2.05, 4.69) is 0 Å². The van der Waals surface area contributed by atoms with Crippen LogP contribution in [0.1, 0.15) is 17.5 Å². The van der Waals surface area contributed by atoms with Crippen molar-refractivity contribution in [2.45, 2.75) is 19.3 Å². The highest BCUT2D eigenvalue weighted by molar-refractivity contribution is 5.83. The first-order chi connectivity index (χ1) is 10.7. The first-order valence-electron chi connectivity index (χ1n) is 7.17. The number of hydrogen-bond donors (Lipinski definition) is 2. The van der Waals surface area contributed by atoms with Gasteiger partial charge in [0.15, 0.2) is 0 Å². The lowest BCUT2D eigenvalue weighted by Gasteiger charge is -2.07. The number of aryl methyl sites for hydroxylation is 1. The van der Waals surface area contributed by atoms with Crippen molar-refractivity contribution >= 4 is 11.0 Å². The van der Waals surface area contributed by atoms with E-state index in [1.807, 2.05) is 12.1 Å². The van der Waals surface area contributed by atoms with Crippen molar-refractivity contribution in [1.29, 1.82) is 0 Å². The molecule has 3 rings (SSSR count). The number of phenols is 1. The summed E-state index contributed by atoms with van der Waals surface area (Å²) in [6.45, 7) is 0. The Labute approximate surface area is 127 Å². The van der Waals surface area contributed by atoms with Crippen LogP contribution in [0.3, 0.4) is 0 Å². The Hall–Kier alpha value is -2.75. The number of aromatic hydroxyl groups is 2. The second-order valence-corrected chi connectivity index (χ2v) is 5.20. The van der Waals surface area contributed by atoms with Crippen molar-refractivity contribution in [3.63, 3.8) is 0 Å². The van der Waals surface area contributed by atoms with Gasteiger partial charge in [0, 0.05) is 0 Å². The minimum absolute atomic E-state index is 0.0101. The van der Waals surface area contributed by atoms with Crippen molar-refractivity contribution in [2.24, 2.45) is 0 Å². The van der Waals surface area contributed by atoms with Crippen molar-refractivity contribution in [3.05, 3.63) is 70.1 Å². The largest absolute Gasteiger partial charge is 0.508 e. The smallest absolute Gasteiger partial charge is 0.343 e. The van der Waals surface area contributed by atoms with Crippen LogP contribution in [0.2, 0.25) is 0 Å². The van der Waals surface area contributed by atoms with Gasteiger partial charge < -0.3 is 14.6 Å². The van der Waals surface area contributed by atoms with Gasteiger partial charge in [-0.05, 0) is 43.0 Å². The third-order valence-electron chi connectivity index (χ3n) is 3.74. The quantitative estimate of drug-likeness (QED) is 0.724. The first kappa shape index (κ1) is 14.2. The van der Waals surface area contributed by atoms with Crippen molar-refractivity contribution in [3.8, 4) is 11.5 Å². The van der Waals surface area contributed by atoms with E-state index >= 15 is 0 Å². The van der Waals surface area contributed by atoms with Crippen molar-refractivity contribution < 1.29 is 14.6 Å². The van der Waals surface area contributed by atoms with E-state index in [0.717, 1.165) is 5.56 Å². The Morgan fingerprint density at radius 3 is 2.45 bits per heavy atom. The Kier molecular flexibility index (Phi) is 3.83. The number of fused-ring (bicyclic) bond motifs is 1. The van der Waals surface area contributed by atoms with Crippen LogP contribution < -0.4 is 5.63 Å². The molecule has 0 saturated carbocycles. The van der Waals surface area contributed by atoms with Crippen LogP contribution in [0.4, 0.5) is 0 Å². The van der Waals surface area contributed by atoms with Gasteiger partial charge in [0.05, 0.1) is 10.9 Å². The fourth-order valence-electron chi connectivity index (χ4n) is 2.57. The molecule has 2 N–H and O–H groups in total. The van der Waals surface area contributed by atoms with Crippen LogP contribution in [0, 0.1) is 0 Å². The second-order valence-electron chi connectivity index (χ2n) is 5.20. The number of benzene rings is 2. The minimum atomic E-state index is -0.506. The van der Waals surface area contributed by atoms with Gasteiger partial charge >= 0.3 is 5.63 Å². The third-order valence-corrected chi connectivity index (χ3v) is 3.74. The van der Waals surface area contributed by atoms with E-state index < -0.39 is 5.63 Å². The summed E-state index contributed by atoms with van der Waals surface area (Å²) in [6, 6.07) is 14.0. The second kappa shape index (κ2) is 5.93. The minimum Gasteiger partial charge on any atom is -0.508 e. The fourth-order valence-corrected chi connectivity index (χ4v) is 2.57. The van der Waals surface area contributed by atoms with E-state index in [-0.39, 0.29) is 17.1 Å². The molecule has 0 radical (unpaired) electrons. The molecule has 0 spiro atoms. The topological polar surface area (TPSA) is 70.7 Å². The predicted octanol–water partition coefficient (Wildman–Crippen LogP) is 3.38. The summed E-state index contributed by atoms with van der Waals surface area (Å²) in [7, 11) is 0. The lowest BCUT2D eigenvalue weighted by atomic mass is 10.0. The molecule has 0 bridgehead atoms. The third kappa shape index (κ3) is 2.68. The van der Waals surface area contributed by atoms with Crippen LogP contribution in [0.15, 0.2) is 57.7 Å². The summed E-state index contributed by atoms with van der Waals surface area (Å²) < 4.78 is 5.24. The Morgan fingerprint density at radius 1 is 0.909 bits per heavy atom. The summed E-state index contributed by atoms with van der Waals surface area (Å²) in [5.41, 5.74) is 0.990. The molecule has 2 aromatic carbocycles. The van der Waals surface area contributed by atoms with Crippen LogP contribution >= 0.6 is 0 Å². The fraction of sp³-hybridized carbons (Fsp3) is 0.167. The van der Waals surface area contributed by atoms with Crippen LogP contribution in [-0.2, 0) is 12.8 Å². The highest BCUT2D eigenvalue weighted by Gasteiger charge is 2.13. The summed E-state index contributed by atoms with van der Waals surface area (Å²) in [6.07, 6.45) is 1.65. The van der Waals surface area contributed by atoms with Crippen LogP contribution in [0.5, 0.6) is 11.5 Å². The average Bonchev–Trinajstić information content (AvgIpc) is 2.52. The highest BCUT2D eigenvalue weighted by Crippen LogP contribution is 2.27. The summed E-state index contributed by atoms with van der Waals surface area (Å²) in [5, 5.41) is 20.5. The van der Waals surface area contributed by atoms with Gasteiger partial charge in [-0.25, -0.2) is 4.79 Å². The Bertz CT molecular complexity index is 864.